The molecule has 1 heterocycles. The van der Waals surface area contributed by atoms with Crippen molar-refractivity contribution in [1.82, 2.24) is 9.62 Å². The molecule has 0 spiro atoms. The summed E-state index contributed by atoms with van der Waals surface area (Å²) in [5.74, 6) is 0.441. The predicted molar refractivity (Wildman–Crippen MR) is 209 cm³/mol. The number of carbonyl (C=O) groups excluding carboxylic acids is 1. The van der Waals surface area contributed by atoms with Crippen molar-refractivity contribution in [2.24, 2.45) is 5.41 Å². The number of carbonyl (C=O) groups is 1. The molecule has 0 atom stereocenters. The van der Waals surface area contributed by atoms with Gasteiger partial charge < -0.3 is 4.90 Å². The molecule has 0 unspecified atom stereocenters. The topological polar surface area (TPSA) is 35.6 Å². The van der Waals surface area contributed by atoms with E-state index in [2.05, 4.69) is 110 Å². The summed E-state index contributed by atoms with van der Waals surface area (Å²) in [5.41, 5.74) is 9.49. The average molecular weight is 658 g/mol. The van der Waals surface area contributed by atoms with Gasteiger partial charge in [-0.1, -0.05) is 117 Å². The molecular formula is C42H63N3OS. The van der Waals surface area contributed by atoms with Crippen molar-refractivity contribution in [2.45, 2.75) is 106 Å². The highest BCUT2D eigenvalue weighted by Crippen LogP contribution is 2.42. The van der Waals surface area contributed by atoms with Crippen LogP contribution in [0.25, 0.3) is 5.57 Å². The molecule has 0 radical (unpaired) electrons. The molecule has 0 aromatic heterocycles. The van der Waals surface area contributed by atoms with Crippen LogP contribution in [-0.4, -0.2) is 43.5 Å². The minimum atomic E-state index is -0.0626. The first-order valence-electron chi connectivity index (χ1n) is 18.1. The number of hydrogen-bond acceptors (Lipinski definition) is 4. The van der Waals surface area contributed by atoms with Crippen LogP contribution in [0, 0.1) is 12.3 Å². The van der Waals surface area contributed by atoms with Gasteiger partial charge in [-0.25, -0.2) is 0 Å². The Balaban J connectivity index is 0.00000121. The minimum absolute atomic E-state index is 0.0626. The first kappa shape index (κ1) is 40.2. The Morgan fingerprint density at radius 3 is 1.94 bits per heavy atom. The van der Waals surface area contributed by atoms with E-state index in [1.807, 2.05) is 53.7 Å². The van der Waals surface area contributed by atoms with Crippen molar-refractivity contribution in [2.75, 3.05) is 37.6 Å². The largest absolute Gasteiger partial charge is 0.369 e. The lowest BCUT2D eigenvalue weighted by molar-refractivity contribution is 0.0984. The quantitative estimate of drug-likeness (QED) is 0.245. The maximum atomic E-state index is 12.7. The van der Waals surface area contributed by atoms with E-state index in [1.165, 1.54) is 53.6 Å². The van der Waals surface area contributed by atoms with Crippen molar-refractivity contribution < 1.29 is 4.79 Å². The first-order chi connectivity index (χ1) is 22.7. The van der Waals surface area contributed by atoms with Gasteiger partial charge in [0.1, 0.15) is 0 Å². The van der Waals surface area contributed by atoms with Gasteiger partial charge in [-0.05, 0) is 103 Å². The molecule has 3 aromatic rings. The zero-order valence-electron chi connectivity index (χ0n) is 31.4. The van der Waals surface area contributed by atoms with Crippen LogP contribution in [0.15, 0.2) is 83.3 Å². The van der Waals surface area contributed by atoms with E-state index < -0.39 is 0 Å². The number of rotatable bonds is 8. The summed E-state index contributed by atoms with van der Waals surface area (Å²) in [5, 5.41) is 0. The molecule has 1 N–H and O–H groups in total. The number of nitrogens with zero attached hydrogens (tertiary/aromatic N) is 2. The summed E-state index contributed by atoms with van der Waals surface area (Å²) >= 11 is 1.37. The number of allylic oxidation sites excluding steroid dienone is 1. The second-order valence-electron chi connectivity index (χ2n) is 12.9. The highest BCUT2D eigenvalue weighted by atomic mass is 32.2. The van der Waals surface area contributed by atoms with Gasteiger partial charge in [-0.3, -0.25) is 14.4 Å². The van der Waals surface area contributed by atoms with E-state index in [4.69, 9.17) is 0 Å². The lowest BCUT2D eigenvalue weighted by atomic mass is 9.72. The molecule has 258 valence electrons. The SMILES string of the molecule is CC.CC.CC.Cc1ccc(C2=C(CN3CCN(c4ccc(C(=O)NSc5ccc(C(C)C)cc5)cc4)CC3)CC(C)(C)CC2)cc1. The zero-order chi connectivity index (χ0) is 35.0. The fourth-order valence-corrected chi connectivity index (χ4v) is 6.61. The molecule has 1 saturated heterocycles. The van der Waals surface area contributed by atoms with Gasteiger partial charge in [0.25, 0.3) is 5.91 Å². The molecule has 0 saturated carbocycles. The summed E-state index contributed by atoms with van der Waals surface area (Å²) < 4.78 is 2.98. The van der Waals surface area contributed by atoms with Crippen LogP contribution in [0.1, 0.15) is 121 Å². The Labute approximate surface area is 292 Å². The fourth-order valence-electron chi connectivity index (χ4n) is 6.01. The molecule has 5 heteroatoms. The van der Waals surface area contributed by atoms with E-state index in [0.717, 1.165) is 37.6 Å². The molecule has 4 nitrogen and oxygen atoms in total. The number of hydrogen-bond donors (Lipinski definition) is 1. The summed E-state index contributed by atoms with van der Waals surface area (Å²) in [7, 11) is 0. The third-order valence-corrected chi connectivity index (χ3v) is 9.46. The van der Waals surface area contributed by atoms with Crippen LogP contribution in [0.4, 0.5) is 5.69 Å². The van der Waals surface area contributed by atoms with Crippen molar-refractivity contribution in [3.8, 4) is 0 Å². The summed E-state index contributed by atoms with van der Waals surface area (Å²) in [4.78, 5) is 18.9. The summed E-state index contributed by atoms with van der Waals surface area (Å²) in [6, 6.07) is 25.6. The van der Waals surface area contributed by atoms with E-state index in [1.54, 1.807) is 11.1 Å². The Kier molecular flexibility index (Phi) is 17.4. The second-order valence-corrected chi connectivity index (χ2v) is 13.7. The first-order valence-corrected chi connectivity index (χ1v) is 18.9. The fraction of sp³-hybridized carbons (Fsp3) is 0.500. The molecule has 1 amide bonds. The Bertz CT molecular complexity index is 1350. The van der Waals surface area contributed by atoms with Crippen molar-refractivity contribution in [3.05, 3.63) is 101 Å². The van der Waals surface area contributed by atoms with Crippen LogP contribution in [0.5, 0.6) is 0 Å². The Morgan fingerprint density at radius 2 is 1.38 bits per heavy atom. The molecule has 47 heavy (non-hydrogen) atoms. The number of nitrogens with one attached hydrogen (secondary N) is 1. The average Bonchev–Trinajstić information content (AvgIpc) is 3.11. The van der Waals surface area contributed by atoms with Crippen LogP contribution in [-0.2, 0) is 0 Å². The van der Waals surface area contributed by atoms with E-state index >= 15 is 0 Å². The maximum absolute atomic E-state index is 12.7. The molecule has 1 aliphatic carbocycles. The molecule has 2 aliphatic rings. The minimum Gasteiger partial charge on any atom is -0.369 e. The number of anilines is 1. The Morgan fingerprint density at radius 1 is 0.809 bits per heavy atom. The predicted octanol–water partition coefficient (Wildman–Crippen LogP) is 11.4. The molecule has 0 bridgehead atoms. The van der Waals surface area contributed by atoms with Crippen LogP contribution < -0.4 is 9.62 Å². The van der Waals surface area contributed by atoms with Gasteiger partial charge in [0.15, 0.2) is 0 Å². The van der Waals surface area contributed by atoms with Crippen LogP contribution in [0.3, 0.4) is 0 Å². The molecule has 1 aliphatic heterocycles. The van der Waals surface area contributed by atoms with E-state index in [-0.39, 0.29) is 5.91 Å². The Hall–Kier alpha value is -3.02. The van der Waals surface area contributed by atoms with Crippen LogP contribution in [0.2, 0.25) is 0 Å². The number of benzene rings is 3. The number of piperazine rings is 1. The van der Waals surface area contributed by atoms with Gasteiger partial charge in [-0.2, -0.15) is 0 Å². The lowest BCUT2D eigenvalue weighted by Crippen LogP contribution is -2.47. The molecule has 5 rings (SSSR count). The standard InChI is InChI=1S/C36H45N3OS.3C2H6/c1-26(2)28-12-16-33(17-13-28)41-37-35(40)30-10-14-32(15-11-30)39-22-20-38(21-23-39)25-31-24-36(4,5)19-18-34(31)29-8-6-27(3)7-9-29;3*1-2/h6-17,26H,18-25H2,1-5H3,(H,37,40);3*1-2H3. The second kappa shape index (κ2) is 20.4. The molecule has 1 fully saturated rings. The molecule has 3 aromatic carbocycles. The van der Waals surface area contributed by atoms with Crippen molar-refractivity contribution in [3.63, 3.8) is 0 Å². The third-order valence-electron chi connectivity index (χ3n) is 8.66. The lowest BCUT2D eigenvalue weighted by Gasteiger charge is -2.39. The molecular weight excluding hydrogens is 595 g/mol. The van der Waals surface area contributed by atoms with E-state index in [9.17, 15) is 4.79 Å². The van der Waals surface area contributed by atoms with Gasteiger partial charge in [0.2, 0.25) is 0 Å². The zero-order valence-corrected chi connectivity index (χ0v) is 32.2. The highest BCUT2D eigenvalue weighted by Gasteiger charge is 2.29. The monoisotopic (exact) mass is 657 g/mol. The van der Waals surface area contributed by atoms with Gasteiger partial charge in [0.05, 0.1) is 0 Å². The van der Waals surface area contributed by atoms with Crippen molar-refractivity contribution in [1.29, 1.82) is 0 Å². The highest BCUT2D eigenvalue weighted by molar-refractivity contribution is 7.98. The third kappa shape index (κ3) is 12.2. The van der Waals surface area contributed by atoms with Gasteiger partial charge >= 0.3 is 0 Å². The number of aryl methyl sites for hydroxylation is 1. The number of amides is 1. The van der Waals surface area contributed by atoms with Crippen LogP contribution >= 0.6 is 11.9 Å². The van der Waals surface area contributed by atoms with E-state index in [0.29, 0.717) is 16.9 Å². The normalized spacial score (nSPS) is 15.8. The summed E-state index contributed by atoms with van der Waals surface area (Å²) in [6.45, 7) is 28.6. The van der Waals surface area contributed by atoms with Gasteiger partial charge in [0, 0.05) is 48.9 Å². The smallest absolute Gasteiger partial charge is 0.261 e. The summed E-state index contributed by atoms with van der Waals surface area (Å²) in [6.07, 6.45) is 3.61. The van der Waals surface area contributed by atoms with Gasteiger partial charge in [-0.15, -0.1) is 0 Å². The maximum Gasteiger partial charge on any atom is 0.261 e. The van der Waals surface area contributed by atoms with Crippen molar-refractivity contribution >= 4 is 29.1 Å².